The molecule has 1 aliphatic rings. The van der Waals surface area contributed by atoms with Crippen molar-refractivity contribution in [2.75, 3.05) is 19.9 Å². The average molecular weight is 479 g/mol. The number of hydrogen-bond acceptors (Lipinski definition) is 9. The zero-order valence-corrected chi connectivity index (χ0v) is 18.6. The Labute approximate surface area is 199 Å². The molecule has 1 aliphatic heterocycles. The van der Waals surface area contributed by atoms with E-state index in [1.54, 1.807) is 49.4 Å². The molecule has 4 rings (SSSR count). The third-order valence-electron chi connectivity index (χ3n) is 4.64. The molecule has 35 heavy (non-hydrogen) atoms. The van der Waals surface area contributed by atoms with Crippen molar-refractivity contribution in [1.82, 2.24) is 10.7 Å². The third-order valence-corrected chi connectivity index (χ3v) is 4.64. The number of furan rings is 1. The molecule has 0 atom stereocenters. The minimum atomic E-state index is -0.660. The van der Waals surface area contributed by atoms with Gasteiger partial charge in [0.1, 0.15) is 0 Å². The van der Waals surface area contributed by atoms with E-state index in [2.05, 4.69) is 15.8 Å². The van der Waals surface area contributed by atoms with Crippen LogP contribution in [0.15, 0.2) is 64.3 Å². The maximum Gasteiger partial charge on any atom is 0.379 e. The largest absolute Gasteiger partial charge is 0.490 e. The number of carbonyl (C=O) groups excluding carboxylic acids is 3. The number of ether oxygens (including phenoxy) is 4. The Morgan fingerprint density at radius 3 is 2.71 bits per heavy atom. The van der Waals surface area contributed by atoms with E-state index in [-0.39, 0.29) is 24.8 Å². The standard InChI is InChI=1S/C24H21N3O8/c1-2-31-20-10-15(5-7-18(20)35-24(30)19-4-3-9-32-19)12-26-27-22(28)13-25-23(29)16-6-8-17-21(11-16)34-14-33-17/h3-12H,2,13-14H2,1H3,(H,25,29)(H,27,28)/b26-12-. The van der Waals surface area contributed by atoms with Crippen LogP contribution in [0.2, 0.25) is 0 Å². The van der Waals surface area contributed by atoms with Crippen LogP contribution in [0.25, 0.3) is 0 Å². The summed E-state index contributed by atoms with van der Waals surface area (Å²) in [7, 11) is 0. The first-order valence-corrected chi connectivity index (χ1v) is 10.6. The van der Waals surface area contributed by atoms with Crippen molar-refractivity contribution in [1.29, 1.82) is 0 Å². The van der Waals surface area contributed by atoms with Gasteiger partial charge in [-0.2, -0.15) is 5.10 Å². The molecule has 2 N–H and O–H groups in total. The van der Waals surface area contributed by atoms with Gasteiger partial charge in [-0.1, -0.05) is 0 Å². The Hall–Kier alpha value is -4.80. The Bertz CT molecular complexity index is 1250. The second-order valence-corrected chi connectivity index (χ2v) is 7.05. The van der Waals surface area contributed by atoms with Crippen LogP contribution in [-0.4, -0.2) is 43.9 Å². The van der Waals surface area contributed by atoms with Gasteiger partial charge in [0.25, 0.3) is 11.8 Å². The number of hydrazone groups is 1. The highest BCUT2D eigenvalue weighted by Crippen LogP contribution is 2.32. The van der Waals surface area contributed by atoms with E-state index in [0.29, 0.717) is 35.0 Å². The van der Waals surface area contributed by atoms with Crippen molar-refractivity contribution in [3.05, 3.63) is 71.7 Å². The summed E-state index contributed by atoms with van der Waals surface area (Å²) in [5.74, 6) is -0.00394. The number of hydrogen-bond donors (Lipinski definition) is 2. The number of amides is 2. The summed E-state index contributed by atoms with van der Waals surface area (Å²) >= 11 is 0. The van der Waals surface area contributed by atoms with Gasteiger partial charge in [-0.15, -0.1) is 0 Å². The molecule has 0 saturated carbocycles. The zero-order valence-electron chi connectivity index (χ0n) is 18.6. The van der Waals surface area contributed by atoms with Crippen molar-refractivity contribution in [2.45, 2.75) is 6.92 Å². The second-order valence-electron chi connectivity index (χ2n) is 7.05. The van der Waals surface area contributed by atoms with E-state index in [4.69, 9.17) is 23.4 Å². The molecule has 2 aromatic carbocycles. The van der Waals surface area contributed by atoms with Crippen LogP contribution < -0.4 is 29.7 Å². The average Bonchev–Trinajstić information content (AvgIpc) is 3.56. The first-order chi connectivity index (χ1) is 17.0. The fraction of sp³-hybridized carbons (Fsp3) is 0.167. The predicted molar refractivity (Wildman–Crippen MR) is 122 cm³/mol. The number of esters is 1. The molecule has 0 spiro atoms. The molecule has 2 amide bonds. The first kappa shape index (κ1) is 23.4. The minimum absolute atomic E-state index is 0.0615. The van der Waals surface area contributed by atoms with Crippen molar-refractivity contribution in [2.24, 2.45) is 5.10 Å². The number of fused-ring (bicyclic) bond motifs is 1. The first-order valence-electron chi connectivity index (χ1n) is 10.6. The lowest BCUT2D eigenvalue weighted by atomic mass is 10.2. The van der Waals surface area contributed by atoms with Crippen molar-refractivity contribution in [3.63, 3.8) is 0 Å². The van der Waals surface area contributed by atoms with Crippen LogP contribution >= 0.6 is 0 Å². The van der Waals surface area contributed by atoms with E-state index >= 15 is 0 Å². The lowest BCUT2D eigenvalue weighted by Gasteiger charge is -2.10. The SMILES string of the molecule is CCOc1cc(/C=N\NC(=O)CNC(=O)c2ccc3c(c2)OCO3)ccc1OC(=O)c1ccco1. The van der Waals surface area contributed by atoms with Crippen LogP contribution in [0.4, 0.5) is 0 Å². The molecule has 11 heteroatoms. The number of benzene rings is 2. The summed E-state index contributed by atoms with van der Waals surface area (Å²) in [5, 5.41) is 6.39. The quantitative estimate of drug-likeness (QED) is 0.207. The summed E-state index contributed by atoms with van der Waals surface area (Å²) < 4.78 is 26.3. The predicted octanol–water partition coefficient (Wildman–Crippen LogP) is 2.51. The van der Waals surface area contributed by atoms with Crippen LogP contribution in [0.1, 0.15) is 33.4 Å². The highest BCUT2D eigenvalue weighted by molar-refractivity contribution is 5.97. The maximum atomic E-state index is 12.2. The van der Waals surface area contributed by atoms with Gasteiger partial charge in [0, 0.05) is 5.56 Å². The molecule has 180 valence electrons. The van der Waals surface area contributed by atoms with E-state index < -0.39 is 17.8 Å². The van der Waals surface area contributed by atoms with Crippen molar-refractivity contribution >= 4 is 24.0 Å². The van der Waals surface area contributed by atoms with Gasteiger partial charge >= 0.3 is 5.97 Å². The van der Waals surface area contributed by atoms with Crippen LogP contribution in [-0.2, 0) is 4.79 Å². The summed E-state index contributed by atoms with van der Waals surface area (Å²) in [6.07, 6.45) is 2.76. The van der Waals surface area contributed by atoms with Crippen LogP contribution in [0.3, 0.4) is 0 Å². The molecular formula is C24H21N3O8. The van der Waals surface area contributed by atoms with Crippen molar-refractivity contribution in [3.8, 4) is 23.0 Å². The lowest BCUT2D eigenvalue weighted by molar-refractivity contribution is -0.120. The van der Waals surface area contributed by atoms with E-state index in [1.807, 2.05) is 0 Å². The van der Waals surface area contributed by atoms with Gasteiger partial charge < -0.3 is 28.7 Å². The van der Waals surface area contributed by atoms with E-state index in [0.717, 1.165) is 0 Å². The highest BCUT2D eigenvalue weighted by Gasteiger charge is 2.17. The van der Waals surface area contributed by atoms with Gasteiger partial charge in [0.15, 0.2) is 23.0 Å². The van der Waals surface area contributed by atoms with Gasteiger partial charge in [-0.3, -0.25) is 9.59 Å². The number of nitrogens with zero attached hydrogens (tertiary/aromatic N) is 1. The molecule has 0 fully saturated rings. The molecule has 2 heterocycles. The van der Waals surface area contributed by atoms with Crippen LogP contribution in [0.5, 0.6) is 23.0 Å². The highest BCUT2D eigenvalue weighted by atomic mass is 16.7. The Balaban J connectivity index is 1.30. The number of rotatable bonds is 9. The minimum Gasteiger partial charge on any atom is -0.490 e. The Kier molecular flexibility index (Phi) is 7.26. The van der Waals surface area contributed by atoms with Gasteiger partial charge in [-0.05, 0) is 61.0 Å². The molecule has 0 aliphatic carbocycles. The molecule has 0 bridgehead atoms. The molecule has 1 aromatic heterocycles. The zero-order chi connectivity index (χ0) is 24.6. The van der Waals surface area contributed by atoms with Gasteiger partial charge in [-0.25, -0.2) is 10.2 Å². The monoisotopic (exact) mass is 479 g/mol. The number of nitrogens with one attached hydrogen (secondary N) is 2. The molecular weight excluding hydrogens is 458 g/mol. The fourth-order valence-corrected chi connectivity index (χ4v) is 3.02. The smallest absolute Gasteiger partial charge is 0.379 e. The van der Waals surface area contributed by atoms with Crippen LogP contribution in [0, 0.1) is 0 Å². The van der Waals surface area contributed by atoms with Gasteiger partial charge in [0.2, 0.25) is 12.6 Å². The molecule has 0 unspecified atom stereocenters. The Morgan fingerprint density at radius 2 is 1.91 bits per heavy atom. The summed E-state index contributed by atoms with van der Waals surface area (Å²) in [4.78, 5) is 36.4. The summed E-state index contributed by atoms with van der Waals surface area (Å²) in [6.45, 7) is 1.95. The van der Waals surface area contributed by atoms with Crippen molar-refractivity contribution < 1.29 is 37.7 Å². The lowest BCUT2D eigenvalue weighted by Crippen LogP contribution is -2.34. The normalized spacial score (nSPS) is 11.8. The molecule has 0 saturated heterocycles. The van der Waals surface area contributed by atoms with Gasteiger partial charge in [0.05, 0.1) is 25.6 Å². The number of carbonyl (C=O) groups is 3. The maximum absolute atomic E-state index is 12.2. The topological polar surface area (TPSA) is 138 Å². The summed E-state index contributed by atoms with van der Waals surface area (Å²) in [6, 6.07) is 12.6. The summed E-state index contributed by atoms with van der Waals surface area (Å²) in [5.41, 5.74) is 3.24. The molecule has 3 aromatic rings. The molecule has 11 nitrogen and oxygen atoms in total. The second kappa shape index (κ2) is 10.9. The fourth-order valence-electron chi connectivity index (χ4n) is 3.02. The Morgan fingerprint density at radius 1 is 1.06 bits per heavy atom. The van der Waals surface area contributed by atoms with E-state index in [1.165, 1.54) is 18.5 Å². The van der Waals surface area contributed by atoms with E-state index in [9.17, 15) is 14.4 Å². The molecule has 0 radical (unpaired) electrons. The third kappa shape index (κ3) is 5.96.